The summed E-state index contributed by atoms with van der Waals surface area (Å²) in [6.07, 6.45) is 4.11. The first-order valence-electron chi connectivity index (χ1n) is 4.08. The van der Waals surface area contributed by atoms with E-state index in [4.69, 9.17) is 5.11 Å². The van der Waals surface area contributed by atoms with Gasteiger partial charge in [0.25, 0.3) is 0 Å². The van der Waals surface area contributed by atoms with Gasteiger partial charge >= 0.3 is 0 Å². The lowest BCUT2D eigenvalue weighted by Gasteiger charge is -2.25. The summed E-state index contributed by atoms with van der Waals surface area (Å²) in [7, 11) is 0. The van der Waals surface area contributed by atoms with Gasteiger partial charge in [0.15, 0.2) is 0 Å². The van der Waals surface area contributed by atoms with Crippen LogP contribution in [0.2, 0.25) is 0 Å². The summed E-state index contributed by atoms with van der Waals surface area (Å²) >= 11 is 0. The van der Waals surface area contributed by atoms with Gasteiger partial charge in [-0.25, -0.2) is 0 Å². The van der Waals surface area contributed by atoms with Crippen LogP contribution in [0.4, 0.5) is 0 Å². The van der Waals surface area contributed by atoms with Gasteiger partial charge in [-0.1, -0.05) is 6.42 Å². The second-order valence-corrected chi connectivity index (χ2v) is 3.74. The molecule has 0 aromatic carbocycles. The molecule has 0 radical (unpaired) electrons. The van der Waals surface area contributed by atoms with E-state index in [1.807, 2.05) is 0 Å². The van der Waals surface area contributed by atoms with Gasteiger partial charge in [-0.15, -0.1) is 0 Å². The van der Waals surface area contributed by atoms with Gasteiger partial charge < -0.3 is 10.2 Å². The van der Waals surface area contributed by atoms with E-state index in [1.54, 1.807) is 0 Å². The summed E-state index contributed by atoms with van der Waals surface area (Å²) in [5, 5.41) is 18.5. The molecule has 3 atom stereocenters. The molecule has 2 saturated carbocycles. The fourth-order valence-corrected chi connectivity index (χ4v) is 2.34. The van der Waals surface area contributed by atoms with Crippen molar-refractivity contribution in [2.45, 2.75) is 31.8 Å². The van der Waals surface area contributed by atoms with E-state index in [0.29, 0.717) is 5.92 Å². The lowest BCUT2D eigenvalue weighted by molar-refractivity contribution is 0.0179. The molecular formula is C8H14O2. The second-order valence-electron chi connectivity index (χ2n) is 3.74. The Hall–Kier alpha value is -0.0800. The quantitative estimate of drug-likeness (QED) is 0.560. The highest BCUT2D eigenvalue weighted by molar-refractivity contribution is 5.08. The van der Waals surface area contributed by atoms with Crippen LogP contribution >= 0.6 is 0 Å². The molecule has 0 saturated heterocycles. The molecule has 2 nitrogen and oxygen atoms in total. The fourth-order valence-electron chi connectivity index (χ4n) is 2.34. The Balaban J connectivity index is 2.09. The molecule has 2 aliphatic carbocycles. The zero-order chi connectivity index (χ0) is 7.19. The third kappa shape index (κ3) is 0.663. The maximum atomic E-state index is 9.51. The van der Waals surface area contributed by atoms with Crippen LogP contribution < -0.4 is 0 Å². The fraction of sp³-hybridized carbons (Fsp3) is 1.00. The molecule has 2 N–H and O–H groups in total. The van der Waals surface area contributed by atoms with Crippen molar-refractivity contribution in [2.24, 2.45) is 11.3 Å². The van der Waals surface area contributed by atoms with Gasteiger partial charge in [-0.05, 0) is 25.2 Å². The van der Waals surface area contributed by atoms with Crippen molar-refractivity contribution >= 4 is 0 Å². The summed E-state index contributed by atoms with van der Waals surface area (Å²) < 4.78 is 0. The van der Waals surface area contributed by atoms with Crippen molar-refractivity contribution in [3.63, 3.8) is 0 Å². The largest absolute Gasteiger partial charge is 0.396 e. The van der Waals surface area contributed by atoms with E-state index >= 15 is 0 Å². The maximum absolute atomic E-state index is 9.51. The Labute approximate surface area is 60.9 Å². The monoisotopic (exact) mass is 142 g/mol. The highest BCUT2D eigenvalue weighted by Gasteiger charge is 2.59. The number of fused-ring (bicyclic) bond motifs is 1. The van der Waals surface area contributed by atoms with Crippen molar-refractivity contribution in [1.29, 1.82) is 0 Å². The van der Waals surface area contributed by atoms with E-state index in [-0.39, 0.29) is 18.1 Å². The predicted octanol–water partition coefficient (Wildman–Crippen LogP) is 0.530. The van der Waals surface area contributed by atoms with Crippen LogP contribution in [-0.2, 0) is 0 Å². The molecule has 2 heteroatoms. The molecule has 0 aliphatic heterocycles. The van der Waals surface area contributed by atoms with Gasteiger partial charge in [-0.3, -0.25) is 0 Å². The van der Waals surface area contributed by atoms with Crippen molar-refractivity contribution in [3.05, 3.63) is 0 Å². The van der Waals surface area contributed by atoms with Crippen molar-refractivity contribution < 1.29 is 10.2 Å². The van der Waals surface area contributed by atoms with Gasteiger partial charge in [0.1, 0.15) is 0 Å². The topological polar surface area (TPSA) is 40.5 Å². The maximum Gasteiger partial charge on any atom is 0.0621 e. The molecule has 58 valence electrons. The summed E-state index contributed by atoms with van der Waals surface area (Å²) in [6.45, 7) is 0.193. The average molecular weight is 142 g/mol. The standard InChI is InChI=1S/C8H14O2/c9-5-8-4-6(8)2-1-3-7(8)10/h6-7,9-10H,1-5H2/t6-,7-,8-/m1/s1. The molecule has 0 aromatic rings. The number of rotatable bonds is 1. The summed E-state index contributed by atoms with van der Waals surface area (Å²) in [4.78, 5) is 0. The van der Waals surface area contributed by atoms with Crippen LogP contribution in [0.5, 0.6) is 0 Å². The van der Waals surface area contributed by atoms with E-state index in [2.05, 4.69) is 0 Å². The summed E-state index contributed by atoms with van der Waals surface area (Å²) in [5.74, 6) is 0.640. The first-order valence-corrected chi connectivity index (χ1v) is 4.08. The first-order chi connectivity index (χ1) is 4.79. The molecular weight excluding hydrogens is 128 g/mol. The van der Waals surface area contributed by atoms with E-state index in [1.165, 1.54) is 6.42 Å². The molecule has 10 heavy (non-hydrogen) atoms. The minimum atomic E-state index is -0.212. The minimum absolute atomic E-state index is 0.0434. The first kappa shape index (κ1) is 6.62. The Morgan fingerprint density at radius 1 is 1.40 bits per heavy atom. The molecule has 2 fully saturated rings. The summed E-state index contributed by atoms with van der Waals surface area (Å²) in [6, 6.07) is 0. The lowest BCUT2D eigenvalue weighted by atomic mass is 9.86. The third-order valence-corrected chi connectivity index (χ3v) is 3.27. The number of hydrogen-bond donors (Lipinski definition) is 2. The molecule has 0 amide bonds. The molecule has 2 rings (SSSR count). The number of aliphatic hydroxyl groups excluding tert-OH is 2. The molecule has 0 heterocycles. The third-order valence-electron chi connectivity index (χ3n) is 3.27. The van der Waals surface area contributed by atoms with Gasteiger partial charge in [0, 0.05) is 5.41 Å². The Morgan fingerprint density at radius 2 is 2.20 bits per heavy atom. The molecule has 0 aromatic heterocycles. The van der Waals surface area contributed by atoms with Gasteiger partial charge in [0.2, 0.25) is 0 Å². The van der Waals surface area contributed by atoms with Gasteiger partial charge in [0.05, 0.1) is 12.7 Å². The van der Waals surface area contributed by atoms with Crippen LogP contribution in [0.3, 0.4) is 0 Å². The van der Waals surface area contributed by atoms with E-state index in [9.17, 15) is 5.11 Å². The number of hydrogen-bond acceptors (Lipinski definition) is 2. The Morgan fingerprint density at radius 3 is 2.70 bits per heavy atom. The second kappa shape index (κ2) is 1.95. The van der Waals surface area contributed by atoms with E-state index < -0.39 is 0 Å². The SMILES string of the molecule is OC[C@]12C[C@H]1CCC[C@H]2O. The normalized spacial score (nSPS) is 52.2. The number of aliphatic hydroxyl groups is 2. The van der Waals surface area contributed by atoms with Crippen LogP contribution in [0, 0.1) is 11.3 Å². The highest BCUT2D eigenvalue weighted by atomic mass is 16.3. The van der Waals surface area contributed by atoms with Crippen LogP contribution in [0.15, 0.2) is 0 Å². The van der Waals surface area contributed by atoms with Crippen LogP contribution in [-0.4, -0.2) is 22.9 Å². The molecule has 0 spiro atoms. The zero-order valence-electron chi connectivity index (χ0n) is 6.08. The predicted molar refractivity (Wildman–Crippen MR) is 37.5 cm³/mol. The van der Waals surface area contributed by atoms with Crippen molar-refractivity contribution in [3.8, 4) is 0 Å². The van der Waals surface area contributed by atoms with Crippen LogP contribution in [0.1, 0.15) is 25.7 Å². The highest BCUT2D eigenvalue weighted by Crippen LogP contribution is 2.60. The van der Waals surface area contributed by atoms with E-state index in [0.717, 1.165) is 19.3 Å². The molecule has 0 bridgehead atoms. The van der Waals surface area contributed by atoms with Crippen molar-refractivity contribution in [2.75, 3.05) is 6.61 Å². The molecule has 0 unspecified atom stereocenters. The minimum Gasteiger partial charge on any atom is -0.396 e. The smallest absolute Gasteiger partial charge is 0.0621 e. The summed E-state index contributed by atoms with van der Waals surface area (Å²) in [5.41, 5.74) is -0.0434. The Bertz CT molecular complexity index is 146. The lowest BCUT2D eigenvalue weighted by Crippen LogP contribution is -2.30. The van der Waals surface area contributed by atoms with Crippen molar-refractivity contribution in [1.82, 2.24) is 0 Å². The Kier molecular flexibility index (Phi) is 1.29. The average Bonchev–Trinajstić information content (AvgIpc) is 2.65. The van der Waals surface area contributed by atoms with Crippen LogP contribution in [0.25, 0.3) is 0 Å². The van der Waals surface area contributed by atoms with Gasteiger partial charge in [-0.2, -0.15) is 0 Å². The zero-order valence-corrected chi connectivity index (χ0v) is 6.08. The molecule has 2 aliphatic rings.